The van der Waals surface area contributed by atoms with E-state index in [1.807, 2.05) is 24.3 Å². The van der Waals surface area contributed by atoms with Gasteiger partial charge in [0.1, 0.15) is 11.3 Å². The van der Waals surface area contributed by atoms with Gasteiger partial charge in [0, 0.05) is 12.6 Å². The maximum Gasteiger partial charge on any atom is 0.264 e. The normalized spacial score (nSPS) is 17.4. The van der Waals surface area contributed by atoms with Gasteiger partial charge in [-0.2, -0.15) is 0 Å². The van der Waals surface area contributed by atoms with E-state index >= 15 is 0 Å². The zero-order chi connectivity index (χ0) is 20.1. The Morgan fingerprint density at radius 1 is 1.14 bits per heavy atom. The number of ether oxygens (including phenoxy) is 1. The molecule has 0 unspecified atom stereocenters. The van der Waals surface area contributed by atoms with Crippen LogP contribution in [0.3, 0.4) is 0 Å². The first kappa shape index (κ1) is 18.0. The van der Waals surface area contributed by atoms with Crippen LogP contribution in [0.2, 0.25) is 0 Å². The molecular formula is C21H21N3O4. The average molecular weight is 379 g/mol. The number of para-hydroxylation sites is 2. The van der Waals surface area contributed by atoms with Crippen molar-refractivity contribution < 1.29 is 19.1 Å². The van der Waals surface area contributed by atoms with Crippen molar-refractivity contribution in [3.8, 4) is 5.75 Å². The lowest BCUT2D eigenvalue weighted by Gasteiger charge is -2.39. The van der Waals surface area contributed by atoms with Gasteiger partial charge >= 0.3 is 0 Å². The molecule has 2 heterocycles. The van der Waals surface area contributed by atoms with Gasteiger partial charge in [-0.25, -0.2) is 0 Å². The molecule has 2 amide bonds. The third-order valence-electron chi connectivity index (χ3n) is 5.09. The summed E-state index contributed by atoms with van der Waals surface area (Å²) in [5.74, 6) is -0.00310. The minimum absolute atomic E-state index is 0.0159. The lowest BCUT2D eigenvalue weighted by atomic mass is 9.97. The van der Waals surface area contributed by atoms with Crippen molar-refractivity contribution in [2.75, 3.05) is 35.3 Å². The van der Waals surface area contributed by atoms with Crippen molar-refractivity contribution in [3.63, 3.8) is 0 Å². The number of fused-ring (bicyclic) bond motifs is 2. The van der Waals surface area contributed by atoms with E-state index in [0.29, 0.717) is 22.7 Å². The van der Waals surface area contributed by atoms with E-state index in [-0.39, 0.29) is 30.7 Å². The molecule has 0 fully saturated rings. The molecule has 2 aromatic carbocycles. The monoisotopic (exact) mass is 379 g/mol. The van der Waals surface area contributed by atoms with E-state index in [2.05, 4.69) is 5.32 Å². The number of ketones is 1. The molecule has 1 N–H and O–H groups in total. The molecule has 0 radical (unpaired) electrons. The summed E-state index contributed by atoms with van der Waals surface area (Å²) >= 11 is 0. The molecular weight excluding hydrogens is 358 g/mol. The van der Waals surface area contributed by atoms with Crippen molar-refractivity contribution in [1.82, 2.24) is 0 Å². The van der Waals surface area contributed by atoms with Gasteiger partial charge in [0.25, 0.3) is 11.8 Å². The van der Waals surface area contributed by atoms with Crippen LogP contribution in [0.4, 0.5) is 17.1 Å². The predicted molar refractivity (Wildman–Crippen MR) is 106 cm³/mol. The molecule has 7 heteroatoms. The molecule has 0 bridgehead atoms. The number of nitrogens with zero attached hydrogens (tertiary/aromatic N) is 2. The fraction of sp³-hybridized carbons (Fsp3) is 0.286. The molecule has 2 aromatic rings. The fourth-order valence-electron chi connectivity index (χ4n) is 3.49. The third-order valence-corrected chi connectivity index (χ3v) is 5.09. The Kier molecular flexibility index (Phi) is 4.10. The number of rotatable bonds is 3. The molecule has 28 heavy (non-hydrogen) atoms. The SMILES string of the molecule is CN1C(=O)COc2ccc(C(=O)CN3C(=O)C(C)(C)Nc4ccccc43)cc21. The molecule has 0 aliphatic carbocycles. The van der Waals surface area contributed by atoms with Gasteiger partial charge in [-0.05, 0) is 44.2 Å². The number of carbonyl (C=O) groups excluding carboxylic acids is 3. The lowest BCUT2D eigenvalue weighted by molar-refractivity contribution is -0.122. The number of Topliss-reactive ketones (excluding diaryl/α,β-unsaturated/α-hetero) is 1. The van der Waals surface area contributed by atoms with Gasteiger partial charge in [0.15, 0.2) is 12.4 Å². The molecule has 0 saturated carbocycles. The zero-order valence-electron chi connectivity index (χ0n) is 16.0. The highest BCUT2D eigenvalue weighted by Crippen LogP contribution is 2.36. The number of nitrogens with one attached hydrogen (secondary N) is 1. The van der Waals surface area contributed by atoms with E-state index < -0.39 is 5.54 Å². The largest absolute Gasteiger partial charge is 0.482 e. The van der Waals surface area contributed by atoms with Gasteiger partial charge in [-0.3, -0.25) is 14.4 Å². The standard InChI is InChI=1S/C21H21N3O4/c1-21(2)20(27)24(15-7-5-4-6-14(15)22-21)11-17(25)13-8-9-18-16(10-13)23(3)19(26)12-28-18/h4-10,22H,11-12H2,1-3H3. The molecule has 0 atom stereocenters. The number of likely N-dealkylation sites (N-methyl/N-ethyl adjacent to an activating group) is 1. The number of hydrogen-bond donors (Lipinski definition) is 1. The Balaban J connectivity index is 1.65. The average Bonchev–Trinajstić information content (AvgIpc) is 2.67. The van der Waals surface area contributed by atoms with Crippen LogP contribution in [0.1, 0.15) is 24.2 Å². The highest BCUT2D eigenvalue weighted by molar-refractivity contribution is 6.13. The van der Waals surface area contributed by atoms with Crippen LogP contribution in [0.15, 0.2) is 42.5 Å². The molecule has 7 nitrogen and oxygen atoms in total. The highest BCUT2D eigenvalue weighted by atomic mass is 16.5. The van der Waals surface area contributed by atoms with Crippen LogP contribution in [0.5, 0.6) is 5.75 Å². The van der Waals surface area contributed by atoms with Crippen molar-refractivity contribution in [2.45, 2.75) is 19.4 Å². The number of hydrogen-bond acceptors (Lipinski definition) is 5. The Hall–Kier alpha value is -3.35. The second-order valence-corrected chi connectivity index (χ2v) is 7.51. The summed E-state index contributed by atoms with van der Waals surface area (Å²) in [4.78, 5) is 40.8. The van der Waals surface area contributed by atoms with Crippen LogP contribution in [0, 0.1) is 0 Å². The number of benzene rings is 2. The highest BCUT2D eigenvalue weighted by Gasteiger charge is 2.39. The minimum Gasteiger partial charge on any atom is -0.482 e. The number of amides is 2. The number of anilines is 3. The Bertz CT molecular complexity index is 999. The third kappa shape index (κ3) is 2.89. The van der Waals surface area contributed by atoms with E-state index in [0.717, 1.165) is 5.69 Å². The molecule has 0 spiro atoms. The summed E-state index contributed by atoms with van der Waals surface area (Å²) < 4.78 is 5.41. The topological polar surface area (TPSA) is 79.0 Å². The van der Waals surface area contributed by atoms with Crippen LogP contribution < -0.4 is 19.9 Å². The van der Waals surface area contributed by atoms with Gasteiger partial charge in [0.2, 0.25) is 0 Å². The molecule has 144 valence electrons. The van der Waals surface area contributed by atoms with Crippen LogP contribution >= 0.6 is 0 Å². The quantitative estimate of drug-likeness (QED) is 0.829. The maximum absolute atomic E-state index is 13.0. The van der Waals surface area contributed by atoms with Crippen molar-refractivity contribution >= 4 is 34.7 Å². The molecule has 2 aliphatic heterocycles. The maximum atomic E-state index is 13.0. The van der Waals surface area contributed by atoms with Gasteiger partial charge in [0.05, 0.1) is 23.6 Å². The summed E-state index contributed by atoms with van der Waals surface area (Å²) in [6.07, 6.45) is 0. The van der Waals surface area contributed by atoms with Crippen LogP contribution in [-0.2, 0) is 9.59 Å². The van der Waals surface area contributed by atoms with Gasteiger partial charge in [-0.1, -0.05) is 12.1 Å². The summed E-state index contributed by atoms with van der Waals surface area (Å²) in [5.41, 5.74) is 1.64. The van der Waals surface area contributed by atoms with Crippen molar-refractivity contribution in [1.29, 1.82) is 0 Å². The van der Waals surface area contributed by atoms with Crippen LogP contribution in [0.25, 0.3) is 0 Å². The van der Waals surface area contributed by atoms with E-state index in [9.17, 15) is 14.4 Å². The van der Waals surface area contributed by atoms with Crippen molar-refractivity contribution in [2.24, 2.45) is 0 Å². The smallest absolute Gasteiger partial charge is 0.264 e. The Morgan fingerprint density at radius 2 is 1.89 bits per heavy atom. The second-order valence-electron chi connectivity index (χ2n) is 7.51. The fourth-order valence-corrected chi connectivity index (χ4v) is 3.49. The summed E-state index contributed by atoms with van der Waals surface area (Å²) in [7, 11) is 1.65. The zero-order valence-corrected chi connectivity index (χ0v) is 16.0. The second kappa shape index (κ2) is 6.37. The molecule has 4 rings (SSSR count). The van der Waals surface area contributed by atoms with Gasteiger partial charge in [-0.15, -0.1) is 0 Å². The first-order chi connectivity index (χ1) is 13.3. The lowest BCUT2D eigenvalue weighted by Crippen LogP contribution is -2.55. The summed E-state index contributed by atoms with van der Waals surface area (Å²) in [5, 5.41) is 3.22. The minimum atomic E-state index is -0.815. The van der Waals surface area contributed by atoms with Gasteiger partial charge < -0.3 is 19.9 Å². The molecule has 0 saturated heterocycles. The predicted octanol–water partition coefficient (Wildman–Crippen LogP) is 2.46. The van der Waals surface area contributed by atoms with E-state index in [1.165, 1.54) is 9.80 Å². The summed E-state index contributed by atoms with van der Waals surface area (Å²) in [6.45, 7) is 3.48. The van der Waals surface area contributed by atoms with Crippen LogP contribution in [-0.4, -0.2) is 43.3 Å². The Labute approximate surface area is 162 Å². The van der Waals surface area contributed by atoms with E-state index in [4.69, 9.17) is 4.74 Å². The van der Waals surface area contributed by atoms with Crippen molar-refractivity contribution in [3.05, 3.63) is 48.0 Å². The number of carbonyl (C=O) groups is 3. The molecule has 0 aromatic heterocycles. The first-order valence-electron chi connectivity index (χ1n) is 9.04. The molecule has 2 aliphatic rings. The Morgan fingerprint density at radius 3 is 2.68 bits per heavy atom. The van der Waals surface area contributed by atoms with E-state index in [1.54, 1.807) is 39.1 Å². The summed E-state index contributed by atoms with van der Waals surface area (Å²) in [6, 6.07) is 12.4. The first-order valence-corrected chi connectivity index (χ1v) is 9.04.